The summed E-state index contributed by atoms with van der Waals surface area (Å²) < 4.78 is 13.0. The number of nitrogens with zero attached hydrogens (tertiary/aromatic N) is 2. The first kappa shape index (κ1) is 19.0. The maximum atomic E-state index is 13.0. The molecule has 6 nitrogen and oxygen atoms in total. The zero-order valence-corrected chi connectivity index (χ0v) is 14.9. The summed E-state index contributed by atoms with van der Waals surface area (Å²) in [5, 5.41) is 11.4. The molecule has 0 atom stereocenters. The zero-order chi connectivity index (χ0) is 19.4. The molecular formula is C20H22FN3O3. The van der Waals surface area contributed by atoms with Gasteiger partial charge in [0.15, 0.2) is 0 Å². The van der Waals surface area contributed by atoms with Gasteiger partial charge in [-0.15, -0.1) is 0 Å². The molecule has 1 aliphatic heterocycles. The molecule has 2 aromatic rings. The first-order valence-corrected chi connectivity index (χ1v) is 8.97. The lowest BCUT2D eigenvalue weighted by Gasteiger charge is -2.32. The fourth-order valence-corrected chi connectivity index (χ4v) is 3.68. The molecule has 0 aliphatic carbocycles. The molecule has 0 saturated carbocycles. The van der Waals surface area contributed by atoms with E-state index in [4.69, 9.17) is 5.73 Å². The molecule has 1 fully saturated rings. The van der Waals surface area contributed by atoms with Crippen molar-refractivity contribution in [2.24, 2.45) is 11.7 Å². The van der Waals surface area contributed by atoms with Crippen LogP contribution in [0.5, 0.6) is 0 Å². The first-order valence-electron chi connectivity index (χ1n) is 8.97. The second-order valence-electron chi connectivity index (χ2n) is 6.98. The first-order chi connectivity index (χ1) is 12.9. The lowest BCUT2D eigenvalue weighted by atomic mass is 9.90. The Morgan fingerprint density at radius 2 is 1.85 bits per heavy atom. The molecule has 1 heterocycles. The number of hydrogen-bond donors (Lipinski definition) is 1. The quantitative estimate of drug-likeness (QED) is 0.623. The number of nitro benzene ring substituents is 1. The summed E-state index contributed by atoms with van der Waals surface area (Å²) in [7, 11) is 0. The Balaban J connectivity index is 1.62. The highest BCUT2D eigenvalue weighted by Crippen LogP contribution is 2.28. The number of likely N-dealkylation sites (tertiary alicyclic amines) is 1. The van der Waals surface area contributed by atoms with Gasteiger partial charge in [-0.05, 0) is 62.0 Å². The zero-order valence-electron chi connectivity index (χ0n) is 14.9. The Kier molecular flexibility index (Phi) is 5.81. The summed E-state index contributed by atoms with van der Waals surface area (Å²) in [5.41, 5.74) is 6.66. The van der Waals surface area contributed by atoms with E-state index in [1.807, 2.05) is 12.1 Å². The van der Waals surface area contributed by atoms with Gasteiger partial charge in [-0.1, -0.05) is 24.3 Å². The van der Waals surface area contributed by atoms with E-state index in [0.717, 1.165) is 37.9 Å². The molecule has 0 spiro atoms. The molecule has 2 N–H and O–H groups in total. The van der Waals surface area contributed by atoms with E-state index in [2.05, 4.69) is 4.90 Å². The van der Waals surface area contributed by atoms with E-state index in [1.54, 1.807) is 12.1 Å². The molecule has 0 aromatic heterocycles. The summed E-state index contributed by atoms with van der Waals surface area (Å²) in [6.07, 6.45) is 2.85. The highest BCUT2D eigenvalue weighted by Gasteiger charge is 2.26. The third-order valence-corrected chi connectivity index (χ3v) is 5.11. The fraction of sp³-hybridized carbons (Fsp3) is 0.350. The number of primary amides is 1. The summed E-state index contributed by atoms with van der Waals surface area (Å²) in [4.78, 5) is 24.5. The number of benzene rings is 2. The van der Waals surface area contributed by atoms with Gasteiger partial charge < -0.3 is 5.73 Å². The predicted octanol–water partition coefficient (Wildman–Crippen LogP) is 3.29. The van der Waals surface area contributed by atoms with Crippen LogP contribution in [0.4, 0.5) is 10.1 Å². The second-order valence-corrected chi connectivity index (χ2v) is 6.98. The fourth-order valence-electron chi connectivity index (χ4n) is 3.68. The van der Waals surface area contributed by atoms with Crippen LogP contribution in [0.25, 0.3) is 0 Å². The van der Waals surface area contributed by atoms with E-state index in [-0.39, 0.29) is 17.1 Å². The Hall–Kier alpha value is -2.80. The van der Waals surface area contributed by atoms with E-state index < -0.39 is 10.8 Å². The second kappa shape index (κ2) is 8.26. The Morgan fingerprint density at radius 3 is 2.44 bits per heavy atom. The monoisotopic (exact) mass is 371 g/mol. The normalized spacial score (nSPS) is 15.6. The van der Waals surface area contributed by atoms with Crippen LogP contribution in [0.1, 0.15) is 34.3 Å². The van der Waals surface area contributed by atoms with Crippen molar-refractivity contribution in [1.29, 1.82) is 0 Å². The highest BCUT2D eigenvalue weighted by molar-refractivity contribution is 5.97. The minimum atomic E-state index is -0.790. The number of rotatable bonds is 6. The van der Waals surface area contributed by atoms with E-state index in [1.165, 1.54) is 18.2 Å². The third kappa shape index (κ3) is 4.68. The van der Waals surface area contributed by atoms with Gasteiger partial charge in [-0.25, -0.2) is 4.39 Å². The predicted molar refractivity (Wildman–Crippen MR) is 99.7 cm³/mol. The number of nitrogens with two attached hydrogens (primary N) is 1. The van der Waals surface area contributed by atoms with Crippen LogP contribution in [0.2, 0.25) is 0 Å². The minimum absolute atomic E-state index is 0.0521. The minimum Gasteiger partial charge on any atom is -0.365 e. The van der Waals surface area contributed by atoms with Gasteiger partial charge in [-0.3, -0.25) is 19.8 Å². The van der Waals surface area contributed by atoms with Crippen molar-refractivity contribution in [3.05, 3.63) is 75.1 Å². The van der Waals surface area contributed by atoms with Crippen molar-refractivity contribution >= 4 is 11.6 Å². The summed E-state index contributed by atoms with van der Waals surface area (Å²) in [5.74, 6) is -0.506. The topological polar surface area (TPSA) is 89.5 Å². The van der Waals surface area contributed by atoms with Crippen LogP contribution in [0.3, 0.4) is 0 Å². The molecule has 0 bridgehead atoms. The summed E-state index contributed by atoms with van der Waals surface area (Å²) in [6, 6.07) is 11.3. The lowest BCUT2D eigenvalue weighted by Crippen LogP contribution is -2.34. The van der Waals surface area contributed by atoms with Crippen molar-refractivity contribution in [3.8, 4) is 0 Å². The van der Waals surface area contributed by atoms with Crippen LogP contribution in [-0.4, -0.2) is 28.8 Å². The number of amides is 1. The van der Waals surface area contributed by atoms with Gasteiger partial charge in [0.25, 0.3) is 11.6 Å². The average molecular weight is 371 g/mol. The van der Waals surface area contributed by atoms with Crippen LogP contribution in [-0.2, 0) is 13.0 Å². The molecule has 2 aromatic carbocycles. The van der Waals surface area contributed by atoms with Crippen molar-refractivity contribution in [2.45, 2.75) is 25.8 Å². The SMILES string of the molecule is NC(=O)c1cccc(CN2CCC(Cc3ccc(F)cc3)CC2)c1[N+](=O)[O-]. The number of para-hydroxylation sites is 1. The Bertz CT molecular complexity index is 831. The van der Waals surface area contributed by atoms with Gasteiger partial charge in [0.2, 0.25) is 0 Å². The molecule has 7 heteroatoms. The van der Waals surface area contributed by atoms with Gasteiger partial charge >= 0.3 is 0 Å². The number of hydrogen-bond acceptors (Lipinski definition) is 4. The third-order valence-electron chi connectivity index (χ3n) is 5.11. The molecule has 1 aliphatic rings. The maximum Gasteiger partial charge on any atom is 0.286 e. The van der Waals surface area contributed by atoms with Gasteiger partial charge in [0.1, 0.15) is 11.4 Å². The number of piperidine rings is 1. The molecule has 3 rings (SSSR count). The van der Waals surface area contributed by atoms with Crippen LogP contribution in [0, 0.1) is 21.8 Å². The molecule has 0 radical (unpaired) electrons. The molecular weight excluding hydrogens is 349 g/mol. The maximum absolute atomic E-state index is 13.0. The van der Waals surface area contributed by atoms with Crippen molar-refractivity contribution in [1.82, 2.24) is 4.90 Å². The lowest BCUT2D eigenvalue weighted by molar-refractivity contribution is -0.386. The molecule has 27 heavy (non-hydrogen) atoms. The van der Waals surface area contributed by atoms with Crippen molar-refractivity contribution < 1.29 is 14.1 Å². The molecule has 0 unspecified atom stereocenters. The molecule has 142 valence electrons. The number of carbonyl (C=O) groups excluding carboxylic acids is 1. The van der Waals surface area contributed by atoms with E-state index >= 15 is 0 Å². The number of carbonyl (C=O) groups is 1. The Labute approximate surface area is 156 Å². The standard InChI is InChI=1S/C20H22FN3O3/c21-17-6-4-14(5-7-17)12-15-8-10-23(11-9-15)13-16-2-1-3-18(20(22)25)19(16)24(26)27/h1-7,15H,8-13H2,(H2,22,25). The van der Waals surface area contributed by atoms with Crippen LogP contribution >= 0.6 is 0 Å². The number of halogens is 1. The van der Waals surface area contributed by atoms with Crippen molar-refractivity contribution in [2.75, 3.05) is 13.1 Å². The summed E-state index contributed by atoms with van der Waals surface area (Å²) >= 11 is 0. The highest BCUT2D eigenvalue weighted by atomic mass is 19.1. The van der Waals surface area contributed by atoms with Gasteiger partial charge in [0.05, 0.1) is 4.92 Å². The molecule has 1 saturated heterocycles. The van der Waals surface area contributed by atoms with Gasteiger partial charge in [0, 0.05) is 12.1 Å². The number of nitro groups is 1. The Morgan fingerprint density at radius 1 is 1.19 bits per heavy atom. The van der Waals surface area contributed by atoms with E-state index in [9.17, 15) is 19.3 Å². The van der Waals surface area contributed by atoms with E-state index in [0.29, 0.717) is 18.0 Å². The summed E-state index contributed by atoms with van der Waals surface area (Å²) in [6.45, 7) is 2.06. The smallest absolute Gasteiger partial charge is 0.286 e. The average Bonchev–Trinajstić information content (AvgIpc) is 2.64. The van der Waals surface area contributed by atoms with Crippen LogP contribution in [0.15, 0.2) is 42.5 Å². The largest absolute Gasteiger partial charge is 0.365 e. The molecule has 1 amide bonds. The van der Waals surface area contributed by atoms with Gasteiger partial charge in [-0.2, -0.15) is 0 Å². The van der Waals surface area contributed by atoms with Crippen LogP contribution < -0.4 is 5.73 Å². The van der Waals surface area contributed by atoms with Crippen molar-refractivity contribution in [3.63, 3.8) is 0 Å².